The van der Waals surface area contributed by atoms with Crippen molar-refractivity contribution in [1.29, 1.82) is 0 Å². The van der Waals surface area contributed by atoms with Crippen LogP contribution in [0.15, 0.2) is 53.2 Å². The lowest BCUT2D eigenvalue weighted by Crippen LogP contribution is -2.05. The Morgan fingerprint density at radius 1 is 1.20 bits per heavy atom. The Bertz CT molecular complexity index is 700. The molecule has 0 atom stereocenters. The fourth-order valence-electron chi connectivity index (χ4n) is 2.98. The van der Waals surface area contributed by atoms with Gasteiger partial charge < -0.3 is 14.9 Å². The number of hydrogen-bond acceptors (Lipinski definition) is 4. The maximum absolute atomic E-state index is 5.81. The number of hydrogen-bond donors (Lipinski definition) is 1. The lowest BCUT2D eigenvalue weighted by molar-refractivity contribution is 0.214. The smallest absolute Gasteiger partial charge is 0.120 e. The quantitative estimate of drug-likeness (QED) is 0.619. The summed E-state index contributed by atoms with van der Waals surface area (Å²) >= 11 is 0. The van der Waals surface area contributed by atoms with Crippen LogP contribution in [-0.2, 0) is 4.84 Å². The van der Waals surface area contributed by atoms with E-state index in [9.17, 15) is 0 Å². The highest BCUT2D eigenvalue weighted by molar-refractivity contribution is 6.24. The molecule has 0 heterocycles. The molecule has 2 aliphatic carbocycles. The second kappa shape index (κ2) is 9.84. The molecule has 2 aliphatic rings. The van der Waals surface area contributed by atoms with E-state index in [1.807, 2.05) is 33.0 Å². The van der Waals surface area contributed by atoms with Crippen molar-refractivity contribution in [2.45, 2.75) is 26.7 Å². The van der Waals surface area contributed by atoms with E-state index >= 15 is 0 Å². The average Bonchev–Trinajstić information content (AvgIpc) is 2.97. The van der Waals surface area contributed by atoms with Crippen molar-refractivity contribution in [1.82, 2.24) is 5.32 Å². The van der Waals surface area contributed by atoms with Gasteiger partial charge in [-0.05, 0) is 48.7 Å². The largest absolute Gasteiger partial charge is 0.490 e. The topological polar surface area (TPSA) is 42.8 Å². The first kappa shape index (κ1) is 19.0. The second-order valence-corrected chi connectivity index (χ2v) is 5.50. The fourth-order valence-corrected chi connectivity index (χ4v) is 2.98. The number of nitrogens with one attached hydrogen (secondary N) is 1. The van der Waals surface area contributed by atoms with Crippen molar-refractivity contribution in [3.8, 4) is 5.75 Å². The van der Waals surface area contributed by atoms with Crippen molar-refractivity contribution in [3.63, 3.8) is 0 Å². The molecule has 3 rings (SSSR count). The molecule has 134 valence electrons. The molecule has 0 saturated heterocycles. The molecule has 1 N–H and O–H groups in total. The summed E-state index contributed by atoms with van der Waals surface area (Å²) in [6.45, 7) is 5.41. The van der Waals surface area contributed by atoms with Gasteiger partial charge in [0.15, 0.2) is 0 Å². The van der Waals surface area contributed by atoms with Gasteiger partial charge >= 0.3 is 0 Å². The summed E-state index contributed by atoms with van der Waals surface area (Å²) in [4.78, 5) is 5.07. The van der Waals surface area contributed by atoms with Crippen molar-refractivity contribution in [2.75, 3.05) is 27.3 Å². The van der Waals surface area contributed by atoms with Gasteiger partial charge in [0, 0.05) is 12.1 Å². The van der Waals surface area contributed by atoms with Gasteiger partial charge in [-0.1, -0.05) is 49.4 Å². The molecule has 1 aromatic carbocycles. The Hall–Kier alpha value is -2.33. The van der Waals surface area contributed by atoms with Crippen molar-refractivity contribution >= 4 is 11.3 Å². The molecule has 4 heteroatoms. The number of allylic oxidation sites excluding steroid dienone is 4. The Labute approximate surface area is 150 Å². The van der Waals surface area contributed by atoms with E-state index in [4.69, 9.17) is 9.57 Å². The molecule has 0 fully saturated rings. The van der Waals surface area contributed by atoms with Crippen molar-refractivity contribution in [3.05, 3.63) is 59.2 Å². The summed E-state index contributed by atoms with van der Waals surface area (Å²) in [6.07, 6.45) is 10.5. The number of rotatable bonds is 6. The zero-order chi connectivity index (χ0) is 18.1. The fraction of sp³-hybridized carbons (Fsp3) is 0.381. The minimum atomic E-state index is 0.560. The van der Waals surface area contributed by atoms with Gasteiger partial charge in [-0.25, -0.2) is 0 Å². The maximum Gasteiger partial charge on any atom is 0.120 e. The Morgan fingerprint density at radius 2 is 2.04 bits per heavy atom. The highest BCUT2D eigenvalue weighted by Gasteiger charge is 2.28. The van der Waals surface area contributed by atoms with Crippen LogP contribution in [0.4, 0.5) is 0 Å². The van der Waals surface area contributed by atoms with E-state index < -0.39 is 0 Å². The Morgan fingerprint density at radius 3 is 2.80 bits per heavy atom. The third-order valence-electron chi connectivity index (χ3n) is 4.01. The molecule has 0 amide bonds. The lowest BCUT2D eigenvalue weighted by Gasteiger charge is -2.08. The first-order valence-corrected chi connectivity index (χ1v) is 8.93. The Kier molecular flexibility index (Phi) is 7.48. The van der Waals surface area contributed by atoms with E-state index in [1.54, 1.807) is 7.11 Å². The summed E-state index contributed by atoms with van der Waals surface area (Å²) in [5, 5.41) is 7.32. The normalized spacial score (nSPS) is 16.6. The van der Waals surface area contributed by atoms with Crippen LogP contribution in [0.1, 0.15) is 37.8 Å². The molecule has 0 unspecified atom stereocenters. The van der Waals surface area contributed by atoms with Gasteiger partial charge in [-0.3, -0.25) is 0 Å². The molecule has 0 radical (unpaired) electrons. The molecular weight excluding hydrogens is 312 g/mol. The first-order valence-electron chi connectivity index (χ1n) is 8.93. The zero-order valence-electron chi connectivity index (χ0n) is 15.6. The highest BCUT2D eigenvalue weighted by Crippen LogP contribution is 2.40. The van der Waals surface area contributed by atoms with Gasteiger partial charge in [0.1, 0.15) is 25.2 Å². The second-order valence-electron chi connectivity index (χ2n) is 5.50. The molecule has 1 aromatic rings. The van der Waals surface area contributed by atoms with Gasteiger partial charge in [0.2, 0.25) is 0 Å². The molecule has 4 nitrogen and oxygen atoms in total. The number of fused-ring (bicyclic) bond motifs is 2. The third kappa shape index (κ3) is 4.40. The molecule has 0 bridgehead atoms. The SMILES string of the molecule is CC.CNC/C=C/COc1ccc2c(c1)/C(=N/OC)C1=C2C=CCC1. The summed E-state index contributed by atoms with van der Waals surface area (Å²) in [7, 11) is 3.52. The average molecular weight is 340 g/mol. The minimum absolute atomic E-state index is 0.560. The van der Waals surface area contributed by atoms with Gasteiger partial charge in [0.05, 0.1) is 0 Å². The van der Waals surface area contributed by atoms with Crippen LogP contribution >= 0.6 is 0 Å². The van der Waals surface area contributed by atoms with Crippen LogP contribution in [0, 0.1) is 0 Å². The van der Waals surface area contributed by atoms with Gasteiger partial charge in [-0.2, -0.15) is 0 Å². The summed E-state index contributed by atoms with van der Waals surface area (Å²) in [5.41, 5.74) is 5.79. The summed E-state index contributed by atoms with van der Waals surface area (Å²) in [6, 6.07) is 6.20. The van der Waals surface area contributed by atoms with Crippen LogP contribution in [0.25, 0.3) is 5.57 Å². The van der Waals surface area contributed by atoms with E-state index in [2.05, 4.69) is 40.8 Å². The standard InChI is InChI=1S/C19H22N2O2.C2H6/c1-20-11-5-6-12-23-14-9-10-16-15-7-3-4-8-17(15)19(21-22-2)18(16)13-14;1-2/h3,5-7,9-10,13,20H,4,8,11-12H2,1-2H3;1-2H3/b6-5+,21-19+;. The van der Waals surface area contributed by atoms with Gasteiger partial charge in [0.25, 0.3) is 0 Å². The molecule has 25 heavy (non-hydrogen) atoms. The van der Waals surface area contributed by atoms with E-state index in [-0.39, 0.29) is 0 Å². The van der Waals surface area contributed by atoms with Crippen LogP contribution in [0.3, 0.4) is 0 Å². The van der Waals surface area contributed by atoms with Gasteiger partial charge in [-0.15, -0.1) is 0 Å². The molecular formula is C21H28N2O2. The number of nitrogens with zero attached hydrogens (tertiary/aromatic N) is 1. The van der Waals surface area contributed by atoms with Crippen LogP contribution in [0.2, 0.25) is 0 Å². The number of ether oxygens (including phenoxy) is 1. The molecule has 0 spiro atoms. The number of likely N-dealkylation sites (N-methyl/N-ethyl adjacent to an activating group) is 1. The minimum Gasteiger partial charge on any atom is -0.490 e. The third-order valence-corrected chi connectivity index (χ3v) is 4.01. The zero-order valence-corrected chi connectivity index (χ0v) is 15.6. The number of benzene rings is 1. The van der Waals surface area contributed by atoms with Crippen molar-refractivity contribution < 1.29 is 9.57 Å². The molecule has 0 aliphatic heterocycles. The van der Waals surface area contributed by atoms with E-state index in [1.165, 1.54) is 16.7 Å². The first-order chi connectivity index (χ1) is 12.3. The van der Waals surface area contributed by atoms with E-state index in [0.717, 1.165) is 36.4 Å². The van der Waals surface area contributed by atoms with E-state index in [0.29, 0.717) is 6.61 Å². The maximum atomic E-state index is 5.81. The highest BCUT2D eigenvalue weighted by atomic mass is 16.6. The molecule has 0 saturated carbocycles. The molecule has 0 aromatic heterocycles. The van der Waals surface area contributed by atoms with Crippen LogP contribution in [-0.4, -0.2) is 33.0 Å². The van der Waals surface area contributed by atoms with Crippen LogP contribution in [0.5, 0.6) is 5.75 Å². The summed E-state index contributed by atoms with van der Waals surface area (Å²) in [5.74, 6) is 0.852. The van der Waals surface area contributed by atoms with Crippen LogP contribution < -0.4 is 10.1 Å². The van der Waals surface area contributed by atoms with Crippen molar-refractivity contribution in [2.24, 2.45) is 5.16 Å². The number of oxime groups is 1. The predicted octanol–water partition coefficient (Wildman–Crippen LogP) is 4.33. The summed E-state index contributed by atoms with van der Waals surface area (Å²) < 4.78 is 5.81. The Balaban J connectivity index is 0.00000109. The predicted molar refractivity (Wildman–Crippen MR) is 105 cm³/mol. The lowest BCUT2D eigenvalue weighted by atomic mass is 9.97. The monoisotopic (exact) mass is 340 g/mol.